The lowest BCUT2D eigenvalue weighted by Crippen LogP contribution is -2.17. The van der Waals surface area contributed by atoms with Crippen molar-refractivity contribution >= 4 is 18.1 Å². The van der Waals surface area contributed by atoms with E-state index in [1.54, 1.807) is 42.5 Å². The number of nitrogens with zero attached hydrogens (tertiary/aromatic N) is 1. The molecule has 0 aromatic heterocycles. The Morgan fingerprint density at radius 3 is 2.45 bits per heavy atom. The van der Waals surface area contributed by atoms with Gasteiger partial charge in [-0.3, -0.25) is 4.79 Å². The van der Waals surface area contributed by atoms with Gasteiger partial charge in [-0.25, -0.2) is 10.2 Å². The van der Waals surface area contributed by atoms with Crippen molar-refractivity contribution in [1.82, 2.24) is 5.43 Å². The van der Waals surface area contributed by atoms with Gasteiger partial charge >= 0.3 is 5.97 Å². The number of nitrogens with one attached hydrogen (secondary N) is 1. The van der Waals surface area contributed by atoms with Gasteiger partial charge in [-0.15, -0.1) is 0 Å². The van der Waals surface area contributed by atoms with E-state index >= 15 is 0 Å². The number of amides is 1. The number of rotatable bonds is 8. The molecule has 0 saturated heterocycles. The lowest BCUT2D eigenvalue weighted by atomic mass is 10.1. The van der Waals surface area contributed by atoms with Crippen LogP contribution in [0.4, 0.5) is 0 Å². The SMILES string of the molecule is COc1cc(/C=N/NC(=O)c2cccc(O)c2)ccc1OCc1ccc(C(=O)O)cc1. The van der Waals surface area contributed by atoms with Crippen molar-refractivity contribution in [2.24, 2.45) is 5.10 Å². The molecule has 0 fully saturated rings. The molecule has 158 valence electrons. The monoisotopic (exact) mass is 420 g/mol. The van der Waals surface area contributed by atoms with Gasteiger partial charge in [-0.1, -0.05) is 18.2 Å². The van der Waals surface area contributed by atoms with E-state index in [0.717, 1.165) is 5.56 Å². The highest BCUT2D eigenvalue weighted by Crippen LogP contribution is 2.28. The number of carboxylic acids is 1. The van der Waals surface area contributed by atoms with Crippen LogP contribution in [0.2, 0.25) is 0 Å². The Balaban J connectivity index is 1.61. The van der Waals surface area contributed by atoms with Crippen molar-refractivity contribution in [3.05, 3.63) is 89.0 Å². The summed E-state index contributed by atoms with van der Waals surface area (Å²) < 4.78 is 11.1. The summed E-state index contributed by atoms with van der Waals surface area (Å²) in [5, 5.41) is 22.3. The average molecular weight is 420 g/mol. The van der Waals surface area contributed by atoms with E-state index < -0.39 is 11.9 Å². The molecule has 0 atom stereocenters. The van der Waals surface area contributed by atoms with Crippen molar-refractivity contribution in [3.8, 4) is 17.2 Å². The molecule has 0 saturated carbocycles. The van der Waals surface area contributed by atoms with Crippen molar-refractivity contribution < 1.29 is 29.3 Å². The van der Waals surface area contributed by atoms with Gasteiger partial charge in [0.1, 0.15) is 12.4 Å². The van der Waals surface area contributed by atoms with Crippen LogP contribution in [0.15, 0.2) is 71.8 Å². The molecule has 0 unspecified atom stereocenters. The Morgan fingerprint density at radius 1 is 1.00 bits per heavy atom. The van der Waals surface area contributed by atoms with Crippen LogP contribution in [0, 0.1) is 0 Å². The van der Waals surface area contributed by atoms with Crippen LogP contribution in [0.5, 0.6) is 17.2 Å². The summed E-state index contributed by atoms with van der Waals surface area (Å²) in [6, 6.07) is 17.5. The summed E-state index contributed by atoms with van der Waals surface area (Å²) in [6.07, 6.45) is 1.46. The number of aromatic hydroxyl groups is 1. The fraction of sp³-hybridized carbons (Fsp3) is 0.0870. The van der Waals surface area contributed by atoms with E-state index in [1.165, 1.54) is 37.6 Å². The zero-order valence-corrected chi connectivity index (χ0v) is 16.6. The predicted molar refractivity (Wildman–Crippen MR) is 114 cm³/mol. The molecule has 0 aliphatic rings. The number of aromatic carboxylic acids is 1. The number of carbonyl (C=O) groups excluding carboxylic acids is 1. The maximum Gasteiger partial charge on any atom is 0.335 e. The molecule has 31 heavy (non-hydrogen) atoms. The lowest BCUT2D eigenvalue weighted by molar-refractivity contribution is 0.0696. The fourth-order valence-electron chi connectivity index (χ4n) is 2.67. The van der Waals surface area contributed by atoms with E-state index in [4.69, 9.17) is 14.6 Å². The standard InChI is InChI=1S/C23H20N2O6/c1-30-21-11-16(13-24-25-22(27)18-3-2-4-19(26)12-18)7-10-20(21)31-14-15-5-8-17(9-6-15)23(28)29/h2-13,26H,14H2,1H3,(H,25,27)(H,28,29)/b24-13+. The Hall–Kier alpha value is -4.33. The molecule has 0 heterocycles. The Labute approximate surface area is 178 Å². The van der Waals surface area contributed by atoms with Crippen molar-refractivity contribution in [1.29, 1.82) is 0 Å². The first kappa shape index (κ1) is 21.4. The Morgan fingerprint density at radius 2 is 1.77 bits per heavy atom. The average Bonchev–Trinajstić information content (AvgIpc) is 2.78. The number of hydrogen-bond donors (Lipinski definition) is 3. The molecule has 3 rings (SSSR count). The van der Waals surface area contributed by atoms with Gasteiger partial charge in [0.2, 0.25) is 0 Å². The maximum atomic E-state index is 12.0. The van der Waals surface area contributed by atoms with Gasteiger partial charge in [-0.2, -0.15) is 5.10 Å². The molecule has 0 radical (unpaired) electrons. The van der Waals surface area contributed by atoms with E-state index in [0.29, 0.717) is 17.1 Å². The van der Waals surface area contributed by atoms with E-state index in [1.807, 2.05) is 0 Å². The van der Waals surface area contributed by atoms with Gasteiger partial charge < -0.3 is 19.7 Å². The van der Waals surface area contributed by atoms with Crippen molar-refractivity contribution in [2.45, 2.75) is 6.61 Å². The predicted octanol–water partition coefficient (Wildman–Crippen LogP) is 3.44. The van der Waals surface area contributed by atoms with Gasteiger partial charge in [0, 0.05) is 5.56 Å². The summed E-state index contributed by atoms with van der Waals surface area (Å²) in [5.74, 6) is -0.455. The van der Waals surface area contributed by atoms with E-state index in [2.05, 4.69) is 10.5 Å². The highest BCUT2D eigenvalue weighted by atomic mass is 16.5. The second-order valence-corrected chi connectivity index (χ2v) is 6.45. The number of ether oxygens (including phenoxy) is 2. The van der Waals surface area contributed by atoms with Crippen LogP contribution in [-0.2, 0) is 6.61 Å². The minimum Gasteiger partial charge on any atom is -0.508 e. The second kappa shape index (κ2) is 9.93. The number of benzene rings is 3. The number of methoxy groups -OCH3 is 1. The van der Waals surface area contributed by atoms with Crippen molar-refractivity contribution in [2.75, 3.05) is 7.11 Å². The molecule has 0 aliphatic carbocycles. The number of carboxylic acid groups (broad SMARTS) is 1. The third-order valence-electron chi connectivity index (χ3n) is 4.27. The maximum absolute atomic E-state index is 12.0. The van der Waals surface area contributed by atoms with Crippen LogP contribution < -0.4 is 14.9 Å². The number of hydrazone groups is 1. The highest BCUT2D eigenvalue weighted by Gasteiger charge is 2.08. The quantitative estimate of drug-likeness (QED) is 0.380. The minimum absolute atomic E-state index is 0.00483. The largest absolute Gasteiger partial charge is 0.508 e. The normalized spacial score (nSPS) is 10.6. The molecular weight excluding hydrogens is 400 g/mol. The molecule has 0 bridgehead atoms. The number of phenolic OH excluding ortho intramolecular Hbond substituents is 1. The summed E-state index contributed by atoms with van der Waals surface area (Å²) in [6.45, 7) is 0.240. The number of hydrogen-bond acceptors (Lipinski definition) is 6. The van der Waals surface area contributed by atoms with E-state index in [9.17, 15) is 14.7 Å². The van der Waals surface area contributed by atoms with Crippen molar-refractivity contribution in [3.63, 3.8) is 0 Å². The van der Waals surface area contributed by atoms with Crippen LogP contribution in [0.25, 0.3) is 0 Å². The van der Waals surface area contributed by atoms with Crippen LogP contribution in [0.3, 0.4) is 0 Å². The zero-order valence-electron chi connectivity index (χ0n) is 16.6. The summed E-state index contributed by atoms with van der Waals surface area (Å²) in [5.41, 5.74) is 4.37. The molecular formula is C23H20N2O6. The first-order valence-corrected chi connectivity index (χ1v) is 9.22. The molecule has 0 aliphatic heterocycles. The first-order chi connectivity index (χ1) is 15.0. The third-order valence-corrected chi connectivity index (χ3v) is 4.27. The number of carbonyl (C=O) groups is 2. The second-order valence-electron chi connectivity index (χ2n) is 6.45. The molecule has 8 nitrogen and oxygen atoms in total. The molecule has 3 aromatic rings. The third kappa shape index (κ3) is 5.83. The lowest BCUT2D eigenvalue weighted by Gasteiger charge is -2.11. The van der Waals surface area contributed by atoms with Crippen LogP contribution in [-0.4, -0.2) is 35.4 Å². The molecule has 3 aromatic carbocycles. The van der Waals surface area contributed by atoms with Crippen LogP contribution in [0.1, 0.15) is 31.8 Å². The van der Waals surface area contributed by atoms with Gasteiger partial charge in [-0.05, 0) is 59.7 Å². The molecule has 1 amide bonds. The van der Waals surface area contributed by atoms with Gasteiger partial charge in [0.25, 0.3) is 5.91 Å². The number of phenols is 1. The highest BCUT2D eigenvalue weighted by molar-refractivity contribution is 5.95. The topological polar surface area (TPSA) is 117 Å². The zero-order chi connectivity index (χ0) is 22.2. The Bertz CT molecular complexity index is 1110. The summed E-state index contributed by atoms with van der Waals surface area (Å²) in [4.78, 5) is 22.9. The van der Waals surface area contributed by atoms with Gasteiger partial charge in [0.05, 0.1) is 18.9 Å². The molecule has 8 heteroatoms. The molecule has 3 N–H and O–H groups in total. The van der Waals surface area contributed by atoms with E-state index in [-0.39, 0.29) is 23.5 Å². The van der Waals surface area contributed by atoms with Crippen LogP contribution >= 0.6 is 0 Å². The fourth-order valence-corrected chi connectivity index (χ4v) is 2.67. The summed E-state index contributed by atoms with van der Waals surface area (Å²) >= 11 is 0. The Kier molecular flexibility index (Phi) is 6.85. The summed E-state index contributed by atoms with van der Waals surface area (Å²) in [7, 11) is 1.51. The first-order valence-electron chi connectivity index (χ1n) is 9.22. The smallest absolute Gasteiger partial charge is 0.335 e. The molecule has 0 spiro atoms. The van der Waals surface area contributed by atoms with Gasteiger partial charge in [0.15, 0.2) is 11.5 Å². The minimum atomic E-state index is -0.982.